The van der Waals surface area contributed by atoms with Gasteiger partial charge in [0.2, 0.25) is 5.91 Å². The van der Waals surface area contributed by atoms with E-state index in [1.165, 1.54) is 13.2 Å². The fourth-order valence-electron chi connectivity index (χ4n) is 1.44. The highest BCUT2D eigenvalue weighted by Crippen LogP contribution is 2.16. The highest BCUT2D eigenvalue weighted by atomic mass is 19.1. The van der Waals surface area contributed by atoms with E-state index in [4.69, 9.17) is 15.6 Å². The van der Waals surface area contributed by atoms with Crippen molar-refractivity contribution in [3.63, 3.8) is 0 Å². The second kappa shape index (κ2) is 6.50. The van der Waals surface area contributed by atoms with Gasteiger partial charge in [-0.1, -0.05) is 0 Å². The number of aliphatic carboxylic acids is 1. The first-order chi connectivity index (χ1) is 9.35. The van der Waals surface area contributed by atoms with E-state index in [9.17, 15) is 18.8 Å². The second-order valence-electron chi connectivity index (χ2n) is 3.88. The largest absolute Gasteiger partial charge is 0.497 e. The number of hydrogen-bond acceptors (Lipinski definition) is 4. The molecule has 7 nitrogen and oxygen atoms in total. The summed E-state index contributed by atoms with van der Waals surface area (Å²) in [6, 6.07) is 1.97. The molecule has 1 atom stereocenters. The molecule has 1 rings (SSSR count). The second-order valence-corrected chi connectivity index (χ2v) is 3.88. The molecule has 0 aliphatic rings. The van der Waals surface area contributed by atoms with E-state index in [0.717, 1.165) is 12.1 Å². The highest BCUT2D eigenvalue weighted by molar-refractivity contribution is 5.97. The lowest BCUT2D eigenvalue weighted by Gasteiger charge is -2.13. The third-order valence-electron chi connectivity index (χ3n) is 2.43. The zero-order valence-corrected chi connectivity index (χ0v) is 10.6. The summed E-state index contributed by atoms with van der Waals surface area (Å²) in [5.74, 6) is -3.95. The molecule has 4 N–H and O–H groups in total. The van der Waals surface area contributed by atoms with Gasteiger partial charge < -0.3 is 20.9 Å². The van der Waals surface area contributed by atoms with Crippen molar-refractivity contribution in [1.29, 1.82) is 0 Å². The van der Waals surface area contributed by atoms with Crippen molar-refractivity contribution < 1.29 is 28.6 Å². The van der Waals surface area contributed by atoms with Gasteiger partial charge in [0.25, 0.3) is 5.91 Å². The molecule has 0 aliphatic heterocycles. The number of methoxy groups -OCH3 is 1. The average Bonchev–Trinajstić information content (AvgIpc) is 2.36. The van der Waals surface area contributed by atoms with Crippen LogP contribution in [0.5, 0.6) is 5.75 Å². The van der Waals surface area contributed by atoms with Crippen LogP contribution in [-0.2, 0) is 9.59 Å². The number of nitrogens with two attached hydrogens (primary N) is 1. The van der Waals surface area contributed by atoms with Gasteiger partial charge in [0.05, 0.1) is 19.1 Å². The van der Waals surface area contributed by atoms with E-state index in [2.05, 4.69) is 0 Å². The maximum absolute atomic E-state index is 13.6. The van der Waals surface area contributed by atoms with E-state index in [1.807, 2.05) is 5.32 Å². The van der Waals surface area contributed by atoms with Crippen LogP contribution in [0.3, 0.4) is 0 Å². The maximum Gasteiger partial charge on any atom is 0.326 e. The fraction of sp³-hybridized carbons (Fsp3) is 0.250. The van der Waals surface area contributed by atoms with Crippen LogP contribution in [0.2, 0.25) is 0 Å². The van der Waals surface area contributed by atoms with Crippen molar-refractivity contribution in [1.82, 2.24) is 5.32 Å². The number of carboxylic acid groups (broad SMARTS) is 1. The van der Waals surface area contributed by atoms with E-state index < -0.39 is 36.1 Å². The molecule has 1 aromatic carbocycles. The molecule has 0 fully saturated rings. The van der Waals surface area contributed by atoms with Gasteiger partial charge in [0.1, 0.15) is 17.6 Å². The molecular weight excluding hydrogens is 271 g/mol. The van der Waals surface area contributed by atoms with Crippen molar-refractivity contribution in [3.05, 3.63) is 29.6 Å². The Hall–Kier alpha value is -2.64. The number of halogens is 1. The minimum atomic E-state index is -1.51. The minimum Gasteiger partial charge on any atom is -0.497 e. The van der Waals surface area contributed by atoms with Crippen LogP contribution in [0.15, 0.2) is 18.2 Å². The van der Waals surface area contributed by atoms with Gasteiger partial charge >= 0.3 is 5.97 Å². The minimum absolute atomic E-state index is 0.214. The van der Waals surface area contributed by atoms with Gasteiger partial charge in [0.15, 0.2) is 0 Å². The average molecular weight is 284 g/mol. The lowest BCUT2D eigenvalue weighted by molar-refractivity contribution is -0.140. The standard InChI is InChI=1S/C12H13FN2O5/c1-20-6-2-3-7(8(13)4-6)11(17)15-9(12(18)19)5-10(14)16/h2-4,9H,5H2,1H3,(H2,14,16)(H,15,17)(H,18,19)/t9-/m1/s1. The predicted octanol–water partition coefficient (Wildman–Crippen LogP) is -0.107. The number of carbonyl (C=O) groups excluding carboxylic acids is 2. The van der Waals surface area contributed by atoms with Gasteiger partial charge in [-0.05, 0) is 12.1 Å². The number of carbonyl (C=O) groups is 3. The Labute approximate surface area is 113 Å². The molecule has 0 heterocycles. The lowest BCUT2D eigenvalue weighted by atomic mass is 10.1. The third kappa shape index (κ3) is 3.94. The quantitative estimate of drug-likeness (QED) is 0.673. The Kier molecular flexibility index (Phi) is 5.01. The van der Waals surface area contributed by atoms with Crippen molar-refractivity contribution in [2.75, 3.05) is 7.11 Å². The molecule has 0 radical (unpaired) electrons. The van der Waals surface area contributed by atoms with Crippen LogP contribution in [0, 0.1) is 5.82 Å². The van der Waals surface area contributed by atoms with Crippen LogP contribution >= 0.6 is 0 Å². The molecule has 0 aromatic heterocycles. The molecule has 0 saturated heterocycles. The molecule has 0 spiro atoms. The van der Waals surface area contributed by atoms with Gasteiger partial charge in [-0.15, -0.1) is 0 Å². The molecule has 0 unspecified atom stereocenters. The zero-order valence-electron chi connectivity index (χ0n) is 10.6. The van der Waals surface area contributed by atoms with Crippen LogP contribution in [0.4, 0.5) is 4.39 Å². The fourth-order valence-corrected chi connectivity index (χ4v) is 1.44. The van der Waals surface area contributed by atoms with Crippen molar-refractivity contribution in [3.8, 4) is 5.75 Å². The topological polar surface area (TPSA) is 119 Å². The summed E-state index contributed by atoms with van der Waals surface area (Å²) in [4.78, 5) is 33.3. The zero-order chi connectivity index (χ0) is 15.3. The first kappa shape index (κ1) is 15.4. The number of nitrogens with one attached hydrogen (secondary N) is 1. The number of benzene rings is 1. The summed E-state index contributed by atoms with van der Waals surface area (Å²) in [7, 11) is 1.34. The normalized spacial score (nSPS) is 11.5. The molecule has 0 bridgehead atoms. The number of hydrogen-bond donors (Lipinski definition) is 3. The Balaban J connectivity index is 2.89. The summed E-state index contributed by atoms with van der Waals surface area (Å²) in [6.45, 7) is 0. The number of carboxylic acids is 1. The number of amides is 2. The van der Waals surface area contributed by atoms with Gasteiger partial charge in [-0.2, -0.15) is 0 Å². The van der Waals surface area contributed by atoms with Crippen LogP contribution in [0.25, 0.3) is 0 Å². The Morgan fingerprint density at radius 3 is 2.55 bits per heavy atom. The Morgan fingerprint density at radius 2 is 2.10 bits per heavy atom. The smallest absolute Gasteiger partial charge is 0.326 e. The van der Waals surface area contributed by atoms with E-state index >= 15 is 0 Å². The van der Waals surface area contributed by atoms with Gasteiger partial charge in [-0.25, -0.2) is 9.18 Å². The van der Waals surface area contributed by atoms with Crippen molar-refractivity contribution in [2.24, 2.45) is 5.73 Å². The molecule has 0 saturated carbocycles. The lowest BCUT2D eigenvalue weighted by Crippen LogP contribution is -2.43. The van der Waals surface area contributed by atoms with Gasteiger partial charge in [0, 0.05) is 6.07 Å². The van der Waals surface area contributed by atoms with E-state index in [-0.39, 0.29) is 11.3 Å². The molecular formula is C12H13FN2O5. The summed E-state index contributed by atoms with van der Waals surface area (Å²) in [5.41, 5.74) is 4.51. The summed E-state index contributed by atoms with van der Waals surface area (Å²) in [6.07, 6.45) is -0.584. The van der Waals surface area contributed by atoms with Crippen molar-refractivity contribution in [2.45, 2.75) is 12.5 Å². The SMILES string of the molecule is COc1ccc(C(=O)N[C@H](CC(N)=O)C(=O)O)c(F)c1. The molecule has 2 amide bonds. The molecule has 8 heteroatoms. The Bertz CT molecular complexity index is 547. The summed E-state index contributed by atoms with van der Waals surface area (Å²) >= 11 is 0. The number of rotatable bonds is 6. The highest BCUT2D eigenvalue weighted by Gasteiger charge is 2.24. The maximum atomic E-state index is 13.6. The van der Waals surface area contributed by atoms with E-state index in [0.29, 0.717) is 0 Å². The number of primary amides is 1. The first-order valence-corrected chi connectivity index (χ1v) is 5.50. The molecule has 20 heavy (non-hydrogen) atoms. The molecule has 1 aromatic rings. The third-order valence-corrected chi connectivity index (χ3v) is 2.43. The monoisotopic (exact) mass is 284 g/mol. The Morgan fingerprint density at radius 1 is 1.45 bits per heavy atom. The molecule has 108 valence electrons. The summed E-state index contributed by atoms with van der Waals surface area (Å²) < 4.78 is 18.4. The van der Waals surface area contributed by atoms with E-state index in [1.54, 1.807) is 0 Å². The number of ether oxygens (including phenoxy) is 1. The summed E-state index contributed by atoms with van der Waals surface area (Å²) in [5, 5.41) is 10.9. The van der Waals surface area contributed by atoms with Crippen LogP contribution in [-0.4, -0.2) is 36.0 Å². The first-order valence-electron chi connectivity index (χ1n) is 5.50. The van der Waals surface area contributed by atoms with Crippen LogP contribution in [0.1, 0.15) is 16.8 Å². The van der Waals surface area contributed by atoms with Crippen molar-refractivity contribution >= 4 is 17.8 Å². The molecule has 0 aliphatic carbocycles. The van der Waals surface area contributed by atoms with Crippen LogP contribution < -0.4 is 15.8 Å². The predicted molar refractivity (Wildman–Crippen MR) is 65.7 cm³/mol. The van der Waals surface area contributed by atoms with Gasteiger partial charge in [-0.3, -0.25) is 9.59 Å².